The van der Waals surface area contributed by atoms with E-state index in [-0.39, 0.29) is 5.92 Å². The summed E-state index contributed by atoms with van der Waals surface area (Å²) in [4.78, 5) is 23.0. The van der Waals surface area contributed by atoms with Gasteiger partial charge in [-0.05, 0) is 31.1 Å². The van der Waals surface area contributed by atoms with Crippen molar-refractivity contribution in [2.45, 2.75) is 58.8 Å². The topological polar surface area (TPSA) is 74.6 Å². The number of carboxylic acid groups (broad SMARTS) is 2. The van der Waals surface area contributed by atoms with Crippen LogP contribution in [0.2, 0.25) is 0 Å². The fourth-order valence-electron chi connectivity index (χ4n) is 3.17. The lowest BCUT2D eigenvalue weighted by atomic mass is 9.72. The quantitative estimate of drug-likeness (QED) is 0.743. The summed E-state index contributed by atoms with van der Waals surface area (Å²) in [6, 6.07) is 0. The van der Waals surface area contributed by atoms with Gasteiger partial charge < -0.3 is 10.2 Å². The van der Waals surface area contributed by atoms with Crippen molar-refractivity contribution in [3.05, 3.63) is 0 Å². The molecule has 19 heavy (non-hydrogen) atoms. The fourth-order valence-corrected chi connectivity index (χ4v) is 3.17. The molecule has 1 aliphatic rings. The Kier molecular flexibility index (Phi) is 6.32. The lowest BCUT2D eigenvalue weighted by Crippen LogP contribution is -2.36. The third-order valence-electron chi connectivity index (χ3n) is 4.25. The smallest absolute Gasteiger partial charge is 0.307 e. The number of rotatable bonds is 7. The maximum absolute atomic E-state index is 11.5. The Morgan fingerprint density at radius 1 is 1.00 bits per heavy atom. The Morgan fingerprint density at radius 2 is 1.58 bits per heavy atom. The van der Waals surface area contributed by atoms with Crippen molar-refractivity contribution in [2.75, 3.05) is 0 Å². The van der Waals surface area contributed by atoms with Gasteiger partial charge in [-0.2, -0.15) is 0 Å². The van der Waals surface area contributed by atoms with Gasteiger partial charge in [-0.1, -0.05) is 39.5 Å². The highest BCUT2D eigenvalue weighted by Gasteiger charge is 2.39. The Hall–Kier alpha value is -1.06. The lowest BCUT2D eigenvalue weighted by molar-refractivity contribution is -0.157. The number of carbonyl (C=O) groups is 2. The van der Waals surface area contributed by atoms with Gasteiger partial charge in [-0.3, -0.25) is 9.59 Å². The van der Waals surface area contributed by atoms with E-state index in [0.29, 0.717) is 12.3 Å². The maximum Gasteiger partial charge on any atom is 0.307 e. The lowest BCUT2D eigenvalue weighted by Gasteiger charge is -2.31. The largest absolute Gasteiger partial charge is 0.481 e. The van der Waals surface area contributed by atoms with Crippen LogP contribution in [0.25, 0.3) is 0 Å². The van der Waals surface area contributed by atoms with Crippen molar-refractivity contribution < 1.29 is 19.8 Å². The molecule has 2 atom stereocenters. The van der Waals surface area contributed by atoms with E-state index >= 15 is 0 Å². The molecule has 1 rings (SSSR count). The normalized spacial score (nSPS) is 20.2. The number of carboxylic acids is 2. The monoisotopic (exact) mass is 270 g/mol. The average Bonchev–Trinajstić information content (AvgIpc) is 2.34. The van der Waals surface area contributed by atoms with Crippen LogP contribution in [0.5, 0.6) is 0 Å². The second kappa shape index (κ2) is 7.51. The van der Waals surface area contributed by atoms with Gasteiger partial charge in [0.05, 0.1) is 11.8 Å². The van der Waals surface area contributed by atoms with Crippen LogP contribution in [-0.4, -0.2) is 22.2 Å². The molecule has 0 radical (unpaired) electrons. The zero-order valence-corrected chi connectivity index (χ0v) is 12.0. The molecule has 1 fully saturated rings. The van der Waals surface area contributed by atoms with Crippen molar-refractivity contribution in [2.24, 2.45) is 23.7 Å². The van der Waals surface area contributed by atoms with Crippen LogP contribution in [0.15, 0.2) is 0 Å². The Labute approximate surface area is 115 Å². The summed E-state index contributed by atoms with van der Waals surface area (Å²) in [5.74, 6) is -2.87. The van der Waals surface area contributed by atoms with Crippen molar-refractivity contribution in [1.29, 1.82) is 0 Å². The second-order valence-electron chi connectivity index (χ2n) is 6.18. The summed E-state index contributed by atoms with van der Waals surface area (Å²) in [5, 5.41) is 18.8. The third kappa shape index (κ3) is 4.84. The van der Waals surface area contributed by atoms with Gasteiger partial charge in [-0.25, -0.2) is 0 Å². The standard InChI is InChI=1S/C15H26O4/c1-10(2)8-9-12(14(16)17)13(15(18)19)11-6-4-3-5-7-11/h10-13H,3-9H2,1-2H3,(H,16,17)(H,18,19). The Bertz CT molecular complexity index is 305. The highest BCUT2D eigenvalue weighted by molar-refractivity contribution is 5.80. The summed E-state index contributed by atoms with van der Waals surface area (Å²) in [7, 11) is 0. The van der Waals surface area contributed by atoms with Crippen LogP contribution in [0, 0.1) is 23.7 Å². The van der Waals surface area contributed by atoms with Gasteiger partial charge in [0.1, 0.15) is 0 Å². The molecule has 0 aromatic rings. The summed E-state index contributed by atoms with van der Waals surface area (Å²) >= 11 is 0. The molecule has 2 unspecified atom stereocenters. The molecule has 110 valence electrons. The van der Waals surface area contributed by atoms with Gasteiger partial charge in [0, 0.05) is 0 Å². The molecule has 1 aliphatic carbocycles. The Balaban J connectivity index is 2.79. The molecular formula is C15H26O4. The predicted octanol–water partition coefficient (Wildman–Crippen LogP) is 3.40. The van der Waals surface area contributed by atoms with E-state index in [1.54, 1.807) is 0 Å². The molecule has 4 heteroatoms. The Morgan fingerprint density at radius 3 is 2.00 bits per heavy atom. The molecule has 1 saturated carbocycles. The molecule has 0 heterocycles. The first-order valence-corrected chi connectivity index (χ1v) is 7.39. The van der Waals surface area contributed by atoms with Gasteiger partial charge in [0.25, 0.3) is 0 Å². The molecule has 0 amide bonds. The van der Waals surface area contributed by atoms with Gasteiger partial charge in [-0.15, -0.1) is 0 Å². The molecule has 2 N–H and O–H groups in total. The maximum atomic E-state index is 11.5. The van der Waals surface area contributed by atoms with Crippen LogP contribution >= 0.6 is 0 Å². The zero-order chi connectivity index (χ0) is 14.4. The summed E-state index contributed by atoms with van der Waals surface area (Å²) < 4.78 is 0. The van der Waals surface area contributed by atoms with E-state index in [1.807, 2.05) is 13.8 Å². The van der Waals surface area contributed by atoms with E-state index in [4.69, 9.17) is 0 Å². The van der Waals surface area contributed by atoms with Crippen LogP contribution in [0.3, 0.4) is 0 Å². The van der Waals surface area contributed by atoms with Crippen LogP contribution < -0.4 is 0 Å². The van der Waals surface area contributed by atoms with Crippen molar-refractivity contribution in [1.82, 2.24) is 0 Å². The van der Waals surface area contributed by atoms with Gasteiger partial charge in [0.15, 0.2) is 0 Å². The summed E-state index contributed by atoms with van der Waals surface area (Å²) in [6.45, 7) is 4.07. The van der Waals surface area contributed by atoms with E-state index in [1.165, 1.54) is 0 Å². The molecule has 0 bridgehead atoms. The first kappa shape index (κ1) is 16.0. The van der Waals surface area contributed by atoms with E-state index in [9.17, 15) is 19.8 Å². The third-order valence-corrected chi connectivity index (χ3v) is 4.25. The number of aliphatic carboxylic acids is 2. The fraction of sp³-hybridized carbons (Fsp3) is 0.867. The van der Waals surface area contributed by atoms with E-state index < -0.39 is 23.8 Å². The van der Waals surface area contributed by atoms with Crippen LogP contribution in [0.4, 0.5) is 0 Å². The molecule has 0 aromatic carbocycles. The number of hydrogen-bond acceptors (Lipinski definition) is 2. The van der Waals surface area contributed by atoms with Crippen LogP contribution in [-0.2, 0) is 9.59 Å². The number of hydrogen-bond donors (Lipinski definition) is 2. The van der Waals surface area contributed by atoms with Crippen molar-refractivity contribution >= 4 is 11.9 Å². The summed E-state index contributed by atoms with van der Waals surface area (Å²) in [6.07, 6.45) is 6.18. The minimum absolute atomic E-state index is 0.0412. The average molecular weight is 270 g/mol. The van der Waals surface area contributed by atoms with Crippen molar-refractivity contribution in [3.8, 4) is 0 Å². The highest BCUT2D eigenvalue weighted by atomic mass is 16.4. The SMILES string of the molecule is CC(C)CCC(C(=O)O)C(C(=O)O)C1CCCCC1. The minimum atomic E-state index is -0.946. The van der Waals surface area contributed by atoms with Gasteiger partial charge >= 0.3 is 11.9 Å². The van der Waals surface area contributed by atoms with Crippen LogP contribution in [0.1, 0.15) is 58.8 Å². The van der Waals surface area contributed by atoms with E-state index in [2.05, 4.69) is 0 Å². The molecular weight excluding hydrogens is 244 g/mol. The van der Waals surface area contributed by atoms with Gasteiger partial charge in [0.2, 0.25) is 0 Å². The van der Waals surface area contributed by atoms with Crippen molar-refractivity contribution in [3.63, 3.8) is 0 Å². The molecule has 0 aromatic heterocycles. The minimum Gasteiger partial charge on any atom is -0.481 e. The first-order valence-electron chi connectivity index (χ1n) is 7.39. The highest BCUT2D eigenvalue weighted by Crippen LogP contribution is 2.36. The first-order chi connectivity index (χ1) is 8.93. The van der Waals surface area contributed by atoms with E-state index in [0.717, 1.165) is 38.5 Å². The molecule has 0 spiro atoms. The molecule has 0 aliphatic heterocycles. The predicted molar refractivity (Wildman–Crippen MR) is 72.9 cm³/mol. The summed E-state index contributed by atoms with van der Waals surface area (Å²) in [5.41, 5.74) is 0. The second-order valence-corrected chi connectivity index (χ2v) is 6.18. The molecule has 4 nitrogen and oxygen atoms in total. The zero-order valence-electron chi connectivity index (χ0n) is 12.0. The molecule has 0 saturated heterocycles.